The number of hydrogen-bond acceptors (Lipinski definition) is 9. The van der Waals surface area contributed by atoms with E-state index < -0.39 is 5.82 Å². The van der Waals surface area contributed by atoms with Gasteiger partial charge in [-0.05, 0) is 43.3 Å². The van der Waals surface area contributed by atoms with Crippen LogP contribution < -0.4 is 15.2 Å². The first-order valence-corrected chi connectivity index (χ1v) is 13.9. The van der Waals surface area contributed by atoms with Gasteiger partial charge in [-0.15, -0.1) is 11.3 Å². The van der Waals surface area contributed by atoms with Gasteiger partial charge in [0.2, 0.25) is 0 Å². The first-order valence-electron chi connectivity index (χ1n) is 13.1. The molecule has 0 amide bonds. The van der Waals surface area contributed by atoms with E-state index in [2.05, 4.69) is 14.9 Å². The quantitative estimate of drug-likeness (QED) is 0.260. The van der Waals surface area contributed by atoms with Gasteiger partial charge in [-0.2, -0.15) is 5.10 Å². The minimum atomic E-state index is -0.434. The molecule has 0 radical (unpaired) electrons. The van der Waals surface area contributed by atoms with Gasteiger partial charge < -0.3 is 19.9 Å². The summed E-state index contributed by atoms with van der Waals surface area (Å²) in [7, 11) is 0. The van der Waals surface area contributed by atoms with E-state index in [0.717, 1.165) is 43.3 Å². The summed E-state index contributed by atoms with van der Waals surface area (Å²) in [6, 6.07) is 15.8. The predicted octanol–water partition coefficient (Wildman–Crippen LogP) is 5.29. The molecule has 1 aliphatic heterocycles. The zero-order valence-electron chi connectivity index (χ0n) is 22.0. The van der Waals surface area contributed by atoms with E-state index in [1.54, 1.807) is 17.4 Å². The normalized spacial score (nSPS) is 14.1. The Labute approximate surface area is 234 Å². The average molecular weight is 561 g/mol. The number of benzene rings is 2. The van der Waals surface area contributed by atoms with E-state index in [4.69, 9.17) is 25.0 Å². The van der Waals surface area contributed by atoms with Gasteiger partial charge in [0.1, 0.15) is 47.5 Å². The standard InChI is InChI=1S/C29H29FN6O3S/c1-19-2-7-25(40-19)17-38-23-14-21(30)15-24(16-23)39-22-5-3-20(4-6-22)27-26-28(31)32-18-33-29(26)36(34-27)9-8-35-10-12-37-13-11-35/h2-7,14-16,18H,8-13,17H2,1H3,(H2,31,32,33). The zero-order chi connectivity index (χ0) is 27.5. The molecule has 2 aromatic carbocycles. The first kappa shape index (κ1) is 26.2. The molecule has 3 aromatic heterocycles. The number of hydrogen-bond donors (Lipinski definition) is 1. The lowest BCUT2D eigenvalue weighted by Crippen LogP contribution is -2.38. The molecule has 1 saturated heterocycles. The lowest BCUT2D eigenvalue weighted by molar-refractivity contribution is 0.0361. The Bertz CT molecular complexity index is 1610. The van der Waals surface area contributed by atoms with Gasteiger partial charge in [-0.3, -0.25) is 4.90 Å². The maximum atomic E-state index is 14.3. The van der Waals surface area contributed by atoms with E-state index >= 15 is 0 Å². The van der Waals surface area contributed by atoms with Crippen LogP contribution >= 0.6 is 11.3 Å². The van der Waals surface area contributed by atoms with Crippen LogP contribution in [-0.4, -0.2) is 57.5 Å². The summed E-state index contributed by atoms with van der Waals surface area (Å²) in [6.45, 7) is 7.20. The van der Waals surface area contributed by atoms with Crippen LogP contribution in [0.4, 0.5) is 10.2 Å². The van der Waals surface area contributed by atoms with Crippen molar-refractivity contribution in [2.45, 2.75) is 20.1 Å². The lowest BCUT2D eigenvalue weighted by Gasteiger charge is -2.26. The number of anilines is 1. The lowest BCUT2D eigenvalue weighted by atomic mass is 10.1. The third kappa shape index (κ3) is 5.91. The van der Waals surface area contributed by atoms with Gasteiger partial charge in [0.25, 0.3) is 0 Å². The monoisotopic (exact) mass is 560 g/mol. The second-order valence-corrected chi connectivity index (χ2v) is 10.9. The summed E-state index contributed by atoms with van der Waals surface area (Å²) in [5, 5.41) is 5.57. The molecule has 9 nitrogen and oxygen atoms in total. The van der Waals surface area contributed by atoms with Gasteiger partial charge in [0.15, 0.2) is 5.65 Å². The number of nitrogens with zero attached hydrogens (tertiary/aromatic N) is 5. The van der Waals surface area contributed by atoms with Crippen LogP contribution in [0.1, 0.15) is 9.75 Å². The summed E-state index contributed by atoms with van der Waals surface area (Å²) in [5.74, 6) is 1.25. The third-order valence-corrected chi connectivity index (χ3v) is 7.65. The Morgan fingerprint density at radius 2 is 1.77 bits per heavy atom. The summed E-state index contributed by atoms with van der Waals surface area (Å²) >= 11 is 1.65. The van der Waals surface area contributed by atoms with E-state index in [1.807, 2.05) is 48.0 Å². The molecule has 11 heteroatoms. The molecule has 0 atom stereocenters. The van der Waals surface area contributed by atoms with Gasteiger partial charge in [-0.25, -0.2) is 19.0 Å². The Morgan fingerprint density at radius 1 is 0.975 bits per heavy atom. The van der Waals surface area contributed by atoms with Crippen molar-refractivity contribution in [2.24, 2.45) is 0 Å². The summed E-state index contributed by atoms with van der Waals surface area (Å²) in [4.78, 5) is 13.3. The number of ether oxygens (including phenoxy) is 3. The second kappa shape index (κ2) is 11.6. The topological polar surface area (TPSA) is 101 Å². The Balaban J connectivity index is 1.19. The number of aryl methyl sites for hydroxylation is 1. The Hall–Kier alpha value is -4.06. The molecular weight excluding hydrogens is 531 g/mol. The molecule has 0 aliphatic carbocycles. The molecule has 4 heterocycles. The summed E-state index contributed by atoms with van der Waals surface area (Å²) < 4.78 is 33.4. The van der Waals surface area contributed by atoms with Crippen LogP contribution in [0.25, 0.3) is 22.3 Å². The molecule has 0 bridgehead atoms. The molecule has 0 spiro atoms. The van der Waals surface area contributed by atoms with Crippen molar-refractivity contribution in [3.63, 3.8) is 0 Å². The minimum absolute atomic E-state index is 0.348. The van der Waals surface area contributed by atoms with Crippen molar-refractivity contribution in [1.82, 2.24) is 24.6 Å². The predicted molar refractivity (Wildman–Crippen MR) is 152 cm³/mol. The van der Waals surface area contributed by atoms with Crippen molar-refractivity contribution in [2.75, 3.05) is 38.6 Å². The Kier molecular flexibility index (Phi) is 7.58. The third-order valence-electron chi connectivity index (χ3n) is 6.68. The molecule has 6 rings (SSSR count). The van der Waals surface area contributed by atoms with Crippen LogP contribution in [0.3, 0.4) is 0 Å². The van der Waals surface area contributed by atoms with Crippen molar-refractivity contribution in [1.29, 1.82) is 0 Å². The molecule has 1 aliphatic rings. The van der Waals surface area contributed by atoms with Crippen molar-refractivity contribution in [3.8, 4) is 28.5 Å². The van der Waals surface area contributed by atoms with Gasteiger partial charge >= 0.3 is 0 Å². The highest BCUT2D eigenvalue weighted by Gasteiger charge is 2.18. The molecule has 5 aromatic rings. The number of thiophene rings is 1. The second-order valence-electron chi connectivity index (χ2n) is 9.53. The molecule has 1 fully saturated rings. The fourth-order valence-electron chi connectivity index (χ4n) is 4.66. The Morgan fingerprint density at radius 3 is 2.55 bits per heavy atom. The van der Waals surface area contributed by atoms with E-state index in [-0.39, 0.29) is 0 Å². The van der Waals surface area contributed by atoms with Crippen molar-refractivity contribution < 1.29 is 18.6 Å². The molecule has 40 heavy (non-hydrogen) atoms. The van der Waals surface area contributed by atoms with Crippen LogP contribution in [0.5, 0.6) is 17.2 Å². The highest BCUT2D eigenvalue weighted by Crippen LogP contribution is 2.33. The first-order chi connectivity index (χ1) is 19.5. The van der Waals surface area contributed by atoms with Gasteiger partial charge in [0.05, 0.1) is 25.1 Å². The highest BCUT2D eigenvalue weighted by molar-refractivity contribution is 7.11. The number of nitrogen functional groups attached to an aromatic ring is 1. The van der Waals surface area contributed by atoms with Crippen LogP contribution in [-0.2, 0) is 17.9 Å². The molecule has 2 N–H and O–H groups in total. The van der Waals surface area contributed by atoms with Gasteiger partial charge in [-0.1, -0.05) is 0 Å². The minimum Gasteiger partial charge on any atom is -0.488 e. The van der Waals surface area contributed by atoms with Gasteiger partial charge in [0, 0.05) is 53.2 Å². The smallest absolute Gasteiger partial charge is 0.164 e. The maximum Gasteiger partial charge on any atom is 0.164 e. The number of halogens is 1. The average Bonchev–Trinajstić information content (AvgIpc) is 3.55. The number of rotatable bonds is 9. The number of fused-ring (bicyclic) bond motifs is 1. The number of nitrogens with two attached hydrogens (primary N) is 1. The number of aromatic nitrogens is 4. The van der Waals surface area contributed by atoms with E-state index in [9.17, 15) is 4.39 Å². The van der Waals surface area contributed by atoms with E-state index in [0.29, 0.717) is 52.9 Å². The summed E-state index contributed by atoms with van der Waals surface area (Å²) in [6.07, 6.45) is 1.46. The maximum absolute atomic E-state index is 14.3. The fraction of sp³-hybridized carbons (Fsp3) is 0.276. The highest BCUT2D eigenvalue weighted by atomic mass is 32.1. The van der Waals surface area contributed by atoms with Crippen LogP contribution in [0.2, 0.25) is 0 Å². The fourth-order valence-corrected chi connectivity index (χ4v) is 5.47. The molecular formula is C29H29FN6O3S. The molecule has 0 saturated carbocycles. The SMILES string of the molecule is Cc1ccc(COc2cc(F)cc(Oc3ccc(-c4nn(CCN5CCOCC5)c5ncnc(N)c45)cc3)c2)s1. The zero-order valence-corrected chi connectivity index (χ0v) is 22.9. The van der Waals surface area contributed by atoms with Crippen molar-refractivity contribution >= 4 is 28.2 Å². The molecule has 0 unspecified atom stereocenters. The largest absolute Gasteiger partial charge is 0.488 e. The van der Waals surface area contributed by atoms with Crippen LogP contribution in [0, 0.1) is 12.7 Å². The summed E-state index contributed by atoms with van der Waals surface area (Å²) in [5.41, 5.74) is 8.51. The van der Waals surface area contributed by atoms with Crippen LogP contribution in [0.15, 0.2) is 60.9 Å². The number of morpholine rings is 1. The molecule has 206 valence electrons. The van der Waals surface area contributed by atoms with Crippen molar-refractivity contribution in [3.05, 3.63) is 76.5 Å². The van der Waals surface area contributed by atoms with E-state index in [1.165, 1.54) is 23.3 Å².